The largest absolute Gasteiger partial charge is 0.341 e. The number of hydrogen-bond acceptors (Lipinski definition) is 3. The summed E-state index contributed by atoms with van der Waals surface area (Å²) in [4.78, 5) is 35.3. The first-order valence-corrected chi connectivity index (χ1v) is 12.9. The van der Waals surface area contributed by atoms with Crippen molar-refractivity contribution in [2.24, 2.45) is 11.8 Å². The topological polar surface area (TPSA) is 58.4 Å². The van der Waals surface area contributed by atoms with Crippen LogP contribution in [0.1, 0.15) is 58.3 Å². The first-order chi connectivity index (χ1) is 16.8. The number of aromatic nitrogens is 2. The number of benzene rings is 2. The van der Waals surface area contributed by atoms with Gasteiger partial charge in [-0.15, -0.1) is 0 Å². The third kappa shape index (κ3) is 5.58. The number of carbonyl (C=O) groups is 2. The molecule has 0 saturated carbocycles. The molecule has 1 atom stereocenters. The highest BCUT2D eigenvalue weighted by Crippen LogP contribution is 2.33. The van der Waals surface area contributed by atoms with Gasteiger partial charge in [0, 0.05) is 37.7 Å². The number of para-hydroxylation sites is 2. The van der Waals surface area contributed by atoms with Gasteiger partial charge in [0.25, 0.3) is 0 Å². The fourth-order valence-corrected chi connectivity index (χ4v) is 5.01. The molecule has 0 radical (unpaired) electrons. The Morgan fingerprint density at radius 1 is 1.03 bits per heavy atom. The lowest BCUT2D eigenvalue weighted by atomic mass is 10.1. The van der Waals surface area contributed by atoms with E-state index in [1.54, 1.807) is 0 Å². The SMILES string of the molecule is CCc1ccc(N2CC(c3nc4ccccc4n3CC(=O)N(CC(C)C)CC(C)C)CC2=O)cc1. The first-order valence-electron chi connectivity index (χ1n) is 12.9. The molecular weight excluding hydrogens is 436 g/mol. The predicted molar refractivity (Wildman–Crippen MR) is 142 cm³/mol. The molecule has 1 saturated heterocycles. The highest BCUT2D eigenvalue weighted by molar-refractivity contribution is 5.96. The quantitative estimate of drug-likeness (QED) is 0.425. The zero-order chi connectivity index (χ0) is 25.1. The van der Waals surface area contributed by atoms with Crippen molar-refractivity contribution >= 4 is 28.5 Å². The lowest BCUT2D eigenvalue weighted by Gasteiger charge is -2.27. The number of hydrogen-bond donors (Lipinski definition) is 0. The van der Waals surface area contributed by atoms with Gasteiger partial charge in [0.05, 0.1) is 11.0 Å². The van der Waals surface area contributed by atoms with Crippen molar-refractivity contribution in [3.63, 3.8) is 0 Å². The van der Waals surface area contributed by atoms with E-state index in [-0.39, 0.29) is 24.3 Å². The van der Waals surface area contributed by atoms with Crippen LogP contribution in [0.4, 0.5) is 5.69 Å². The molecule has 2 heterocycles. The molecule has 1 unspecified atom stereocenters. The molecule has 6 nitrogen and oxygen atoms in total. The molecule has 1 aromatic heterocycles. The van der Waals surface area contributed by atoms with Gasteiger partial charge < -0.3 is 14.4 Å². The Hall–Kier alpha value is -3.15. The highest BCUT2D eigenvalue weighted by atomic mass is 16.2. The Labute approximate surface area is 208 Å². The van der Waals surface area contributed by atoms with E-state index in [0.29, 0.717) is 24.8 Å². The Morgan fingerprint density at radius 3 is 2.31 bits per heavy atom. The molecule has 0 N–H and O–H groups in total. The van der Waals surface area contributed by atoms with E-state index in [1.165, 1.54) is 5.56 Å². The van der Waals surface area contributed by atoms with E-state index in [1.807, 2.05) is 50.8 Å². The molecule has 0 spiro atoms. The molecule has 3 aromatic rings. The Bertz CT molecular complexity index is 1170. The van der Waals surface area contributed by atoms with Gasteiger partial charge in [0.15, 0.2) is 0 Å². The summed E-state index contributed by atoms with van der Waals surface area (Å²) >= 11 is 0. The van der Waals surface area contributed by atoms with E-state index < -0.39 is 0 Å². The zero-order valence-electron chi connectivity index (χ0n) is 21.7. The third-order valence-electron chi connectivity index (χ3n) is 6.65. The van der Waals surface area contributed by atoms with Crippen molar-refractivity contribution in [3.05, 3.63) is 59.9 Å². The van der Waals surface area contributed by atoms with Crippen LogP contribution in [0.15, 0.2) is 48.5 Å². The average molecular weight is 475 g/mol. The number of anilines is 1. The van der Waals surface area contributed by atoms with E-state index in [0.717, 1.165) is 42.1 Å². The number of amides is 2. The Balaban J connectivity index is 1.63. The number of aryl methyl sites for hydroxylation is 1. The van der Waals surface area contributed by atoms with Crippen LogP contribution in [0.5, 0.6) is 0 Å². The van der Waals surface area contributed by atoms with Crippen molar-refractivity contribution < 1.29 is 9.59 Å². The van der Waals surface area contributed by atoms with Crippen LogP contribution in [-0.4, -0.2) is 45.9 Å². The molecule has 186 valence electrons. The normalized spacial score (nSPS) is 16.1. The van der Waals surface area contributed by atoms with E-state index >= 15 is 0 Å². The van der Waals surface area contributed by atoms with Gasteiger partial charge >= 0.3 is 0 Å². The van der Waals surface area contributed by atoms with Gasteiger partial charge in [-0.05, 0) is 48.1 Å². The molecule has 0 bridgehead atoms. The lowest BCUT2D eigenvalue weighted by Crippen LogP contribution is -2.39. The number of fused-ring (bicyclic) bond motifs is 1. The summed E-state index contributed by atoms with van der Waals surface area (Å²) in [5.74, 6) is 1.78. The summed E-state index contributed by atoms with van der Waals surface area (Å²) < 4.78 is 2.05. The molecule has 35 heavy (non-hydrogen) atoms. The van der Waals surface area contributed by atoms with Gasteiger partial charge in [-0.2, -0.15) is 0 Å². The standard InChI is InChI=1S/C29H38N4O2/c1-6-22-11-13-24(14-12-22)32-18-23(15-27(32)34)29-30-25-9-7-8-10-26(25)33(29)19-28(35)31(16-20(2)3)17-21(4)5/h7-14,20-21,23H,6,15-19H2,1-5H3. The van der Waals surface area contributed by atoms with E-state index in [2.05, 4.69) is 46.8 Å². The van der Waals surface area contributed by atoms with Crippen LogP contribution in [0.2, 0.25) is 0 Å². The van der Waals surface area contributed by atoms with Crippen molar-refractivity contribution in [2.45, 2.75) is 59.9 Å². The van der Waals surface area contributed by atoms with E-state index in [9.17, 15) is 9.59 Å². The van der Waals surface area contributed by atoms with Gasteiger partial charge in [-0.1, -0.05) is 58.9 Å². The van der Waals surface area contributed by atoms with Crippen molar-refractivity contribution in [2.75, 3.05) is 24.5 Å². The minimum absolute atomic E-state index is 0.0581. The molecule has 1 fully saturated rings. The molecule has 1 aliphatic heterocycles. The molecule has 1 aliphatic rings. The number of nitrogens with zero attached hydrogens (tertiary/aromatic N) is 4. The smallest absolute Gasteiger partial charge is 0.242 e. The minimum Gasteiger partial charge on any atom is -0.341 e. The van der Waals surface area contributed by atoms with Crippen LogP contribution < -0.4 is 4.90 Å². The lowest BCUT2D eigenvalue weighted by molar-refractivity contribution is -0.132. The Morgan fingerprint density at radius 2 is 1.69 bits per heavy atom. The third-order valence-corrected chi connectivity index (χ3v) is 6.65. The summed E-state index contributed by atoms with van der Waals surface area (Å²) in [5.41, 5.74) is 3.99. The second-order valence-electron chi connectivity index (χ2n) is 10.6. The molecular formula is C29H38N4O2. The van der Waals surface area contributed by atoms with Crippen LogP contribution in [-0.2, 0) is 22.6 Å². The highest BCUT2D eigenvalue weighted by Gasteiger charge is 2.35. The second kappa shape index (κ2) is 10.6. The molecule has 2 aromatic carbocycles. The second-order valence-corrected chi connectivity index (χ2v) is 10.6. The number of rotatable bonds is 9. The summed E-state index contributed by atoms with van der Waals surface area (Å²) in [7, 11) is 0. The van der Waals surface area contributed by atoms with Gasteiger partial charge in [-0.3, -0.25) is 9.59 Å². The van der Waals surface area contributed by atoms with Crippen LogP contribution in [0.3, 0.4) is 0 Å². The minimum atomic E-state index is -0.0581. The maximum Gasteiger partial charge on any atom is 0.242 e. The van der Waals surface area contributed by atoms with Gasteiger partial charge in [0.1, 0.15) is 12.4 Å². The fraction of sp³-hybridized carbons (Fsp3) is 0.483. The van der Waals surface area contributed by atoms with Crippen LogP contribution in [0, 0.1) is 11.8 Å². The van der Waals surface area contributed by atoms with Crippen molar-refractivity contribution in [3.8, 4) is 0 Å². The predicted octanol–water partition coefficient (Wildman–Crippen LogP) is 5.26. The summed E-state index contributed by atoms with van der Waals surface area (Å²) in [6, 6.07) is 16.2. The average Bonchev–Trinajstić information content (AvgIpc) is 3.38. The zero-order valence-corrected chi connectivity index (χ0v) is 21.7. The van der Waals surface area contributed by atoms with Crippen LogP contribution >= 0.6 is 0 Å². The maximum absolute atomic E-state index is 13.5. The number of imidazole rings is 1. The van der Waals surface area contributed by atoms with Crippen molar-refractivity contribution in [1.82, 2.24) is 14.5 Å². The fourth-order valence-electron chi connectivity index (χ4n) is 5.01. The molecule has 2 amide bonds. The monoisotopic (exact) mass is 474 g/mol. The Kier molecular flexibility index (Phi) is 7.58. The number of carbonyl (C=O) groups excluding carboxylic acids is 2. The van der Waals surface area contributed by atoms with Gasteiger partial charge in [0.2, 0.25) is 11.8 Å². The summed E-state index contributed by atoms with van der Waals surface area (Å²) in [5, 5.41) is 0. The first kappa shape index (κ1) is 25.0. The van der Waals surface area contributed by atoms with Crippen molar-refractivity contribution in [1.29, 1.82) is 0 Å². The molecule has 6 heteroatoms. The van der Waals surface area contributed by atoms with E-state index in [4.69, 9.17) is 4.98 Å². The van der Waals surface area contributed by atoms with Crippen LogP contribution in [0.25, 0.3) is 11.0 Å². The molecule has 0 aliphatic carbocycles. The summed E-state index contributed by atoms with van der Waals surface area (Å²) in [6.07, 6.45) is 1.37. The van der Waals surface area contributed by atoms with Gasteiger partial charge in [-0.25, -0.2) is 4.98 Å². The molecule has 4 rings (SSSR count). The summed E-state index contributed by atoms with van der Waals surface area (Å²) in [6.45, 7) is 13.0. The maximum atomic E-state index is 13.5.